The molecule has 1 aromatic rings. The Balaban J connectivity index is 2.78. The molecule has 0 atom stereocenters. The van der Waals surface area contributed by atoms with E-state index >= 15 is 0 Å². The predicted molar refractivity (Wildman–Crippen MR) is 61.4 cm³/mol. The van der Waals surface area contributed by atoms with Crippen LogP contribution in [0.2, 0.25) is 0 Å². The molecule has 8 nitrogen and oxygen atoms in total. The highest BCUT2D eigenvalue weighted by Crippen LogP contribution is 2.24. The van der Waals surface area contributed by atoms with Crippen molar-refractivity contribution in [2.24, 2.45) is 5.84 Å². The first kappa shape index (κ1) is 12.8. The first-order valence-electron chi connectivity index (χ1n) is 4.90. The molecular formula is C9H13N5O3. The molecule has 0 fully saturated rings. The minimum absolute atomic E-state index is 0.0642. The van der Waals surface area contributed by atoms with E-state index in [9.17, 15) is 10.1 Å². The van der Waals surface area contributed by atoms with Gasteiger partial charge in [-0.25, -0.2) is 10.8 Å². The summed E-state index contributed by atoms with van der Waals surface area (Å²) in [5.41, 5.74) is 1.90. The van der Waals surface area contributed by atoms with Gasteiger partial charge in [0.05, 0.1) is 11.5 Å². The Morgan fingerprint density at radius 2 is 2.47 bits per heavy atom. The summed E-state index contributed by atoms with van der Waals surface area (Å²) in [7, 11) is 0. The first-order chi connectivity index (χ1) is 8.19. The van der Waals surface area contributed by atoms with Crippen LogP contribution < -0.4 is 16.0 Å². The Morgan fingerprint density at radius 1 is 1.71 bits per heavy atom. The van der Waals surface area contributed by atoms with Crippen molar-refractivity contribution in [1.29, 1.82) is 0 Å². The van der Waals surface area contributed by atoms with Crippen LogP contribution in [0.1, 0.15) is 12.8 Å². The second-order valence-corrected chi connectivity index (χ2v) is 3.06. The number of anilines is 1. The average molecular weight is 239 g/mol. The lowest BCUT2D eigenvalue weighted by atomic mass is 10.3. The predicted octanol–water partition coefficient (Wildman–Crippen LogP) is 1.02. The fraction of sp³-hybridized carbons (Fsp3) is 0.333. The number of allylic oxidation sites excluding steroid dienone is 1. The van der Waals surface area contributed by atoms with Crippen LogP contribution in [0.3, 0.4) is 0 Å². The summed E-state index contributed by atoms with van der Waals surface area (Å²) in [6.45, 7) is 3.88. The van der Waals surface area contributed by atoms with Crippen LogP contribution in [-0.2, 0) is 0 Å². The van der Waals surface area contributed by atoms with E-state index in [0.717, 1.165) is 12.6 Å². The van der Waals surface area contributed by atoms with Gasteiger partial charge >= 0.3 is 5.69 Å². The molecule has 0 aliphatic rings. The molecule has 92 valence electrons. The van der Waals surface area contributed by atoms with Gasteiger partial charge in [0.15, 0.2) is 0 Å². The van der Waals surface area contributed by atoms with Gasteiger partial charge < -0.3 is 4.74 Å². The van der Waals surface area contributed by atoms with E-state index in [1.165, 1.54) is 0 Å². The highest BCUT2D eigenvalue weighted by atomic mass is 16.6. The topological polar surface area (TPSA) is 116 Å². The van der Waals surface area contributed by atoms with Crippen molar-refractivity contribution in [3.8, 4) is 5.88 Å². The lowest BCUT2D eigenvalue weighted by molar-refractivity contribution is -0.386. The molecule has 0 saturated heterocycles. The van der Waals surface area contributed by atoms with Crippen LogP contribution in [-0.4, -0.2) is 21.5 Å². The number of nitrogen functional groups attached to an aromatic ring is 1. The molecule has 0 aromatic carbocycles. The number of rotatable bonds is 7. The molecule has 0 saturated carbocycles. The maximum absolute atomic E-state index is 10.7. The molecule has 1 rings (SSSR count). The Kier molecular flexibility index (Phi) is 4.82. The summed E-state index contributed by atoms with van der Waals surface area (Å²) in [5, 5.41) is 10.7. The fourth-order valence-corrected chi connectivity index (χ4v) is 1.06. The van der Waals surface area contributed by atoms with Crippen LogP contribution >= 0.6 is 0 Å². The van der Waals surface area contributed by atoms with Crippen molar-refractivity contribution in [2.75, 3.05) is 12.0 Å². The van der Waals surface area contributed by atoms with Gasteiger partial charge in [0, 0.05) is 0 Å². The zero-order valence-corrected chi connectivity index (χ0v) is 9.13. The molecule has 0 amide bonds. The minimum Gasteiger partial charge on any atom is -0.473 e. The number of aromatic nitrogens is 2. The molecule has 1 heterocycles. The molecule has 17 heavy (non-hydrogen) atoms. The fourth-order valence-electron chi connectivity index (χ4n) is 1.06. The number of unbranched alkanes of at least 4 members (excludes halogenated alkanes) is 1. The molecule has 8 heteroatoms. The number of nitrogens with zero attached hydrogens (tertiary/aromatic N) is 3. The van der Waals surface area contributed by atoms with Gasteiger partial charge in [0.25, 0.3) is 5.88 Å². The lowest BCUT2D eigenvalue weighted by Gasteiger charge is -2.05. The number of ether oxygens (including phenoxy) is 1. The van der Waals surface area contributed by atoms with Crippen molar-refractivity contribution < 1.29 is 9.66 Å². The van der Waals surface area contributed by atoms with E-state index < -0.39 is 4.92 Å². The minimum atomic E-state index is -0.608. The van der Waals surface area contributed by atoms with E-state index in [1.54, 1.807) is 6.08 Å². The summed E-state index contributed by atoms with van der Waals surface area (Å²) in [5.74, 6) is 5.08. The first-order valence-corrected chi connectivity index (χ1v) is 4.90. The van der Waals surface area contributed by atoms with Crippen molar-refractivity contribution >= 4 is 11.6 Å². The summed E-state index contributed by atoms with van der Waals surface area (Å²) >= 11 is 0. The standard InChI is InChI=1S/C9H13N5O3/c1-2-3-4-5-17-8-7(14(15)16)6-11-9(12-8)13-10/h2,6H,1,3-5,10H2,(H,11,12,13). The van der Waals surface area contributed by atoms with E-state index in [4.69, 9.17) is 10.6 Å². The summed E-state index contributed by atoms with van der Waals surface area (Å²) in [6.07, 6.45) is 4.26. The van der Waals surface area contributed by atoms with Crippen LogP contribution in [0.5, 0.6) is 5.88 Å². The normalized spacial score (nSPS) is 9.71. The second kappa shape index (κ2) is 6.38. The summed E-state index contributed by atoms with van der Waals surface area (Å²) < 4.78 is 5.21. The maximum Gasteiger partial charge on any atom is 0.349 e. The van der Waals surface area contributed by atoms with Gasteiger partial charge in [-0.3, -0.25) is 15.5 Å². The van der Waals surface area contributed by atoms with Gasteiger partial charge in [0.1, 0.15) is 6.20 Å². The van der Waals surface area contributed by atoms with Gasteiger partial charge in [-0.1, -0.05) is 6.08 Å². The van der Waals surface area contributed by atoms with Gasteiger partial charge in [-0.15, -0.1) is 6.58 Å². The van der Waals surface area contributed by atoms with Gasteiger partial charge in [-0.05, 0) is 12.8 Å². The van der Waals surface area contributed by atoms with Crippen molar-refractivity contribution in [3.05, 3.63) is 29.0 Å². The Bertz CT molecular complexity index is 410. The van der Waals surface area contributed by atoms with Crippen LogP contribution in [0, 0.1) is 10.1 Å². The quantitative estimate of drug-likeness (QED) is 0.240. The number of hydrazine groups is 1. The summed E-state index contributed by atoms with van der Waals surface area (Å²) in [4.78, 5) is 17.5. The zero-order valence-electron chi connectivity index (χ0n) is 9.13. The van der Waals surface area contributed by atoms with Crippen LogP contribution in [0.4, 0.5) is 11.6 Å². The molecule has 1 aromatic heterocycles. The maximum atomic E-state index is 10.7. The van der Waals surface area contributed by atoms with E-state index in [-0.39, 0.29) is 17.5 Å². The van der Waals surface area contributed by atoms with Crippen LogP contribution in [0.25, 0.3) is 0 Å². The van der Waals surface area contributed by atoms with Crippen LogP contribution in [0.15, 0.2) is 18.9 Å². The molecule has 0 aliphatic carbocycles. The number of hydrogen-bond acceptors (Lipinski definition) is 7. The smallest absolute Gasteiger partial charge is 0.349 e. The lowest BCUT2D eigenvalue weighted by Crippen LogP contribution is -2.12. The summed E-state index contributed by atoms with van der Waals surface area (Å²) in [6, 6.07) is 0. The highest BCUT2D eigenvalue weighted by Gasteiger charge is 2.18. The molecule has 0 spiro atoms. The van der Waals surface area contributed by atoms with Crippen molar-refractivity contribution in [3.63, 3.8) is 0 Å². The molecular weight excluding hydrogens is 226 g/mol. The third-order valence-electron chi connectivity index (χ3n) is 1.85. The third-order valence-corrected chi connectivity index (χ3v) is 1.85. The highest BCUT2D eigenvalue weighted by molar-refractivity contribution is 5.42. The number of hydrogen-bond donors (Lipinski definition) is 2. The van der Waals surface area contributed by atoms with E-state index in [1.807, 2.05) is 0 Å². The molecule has 3 N–H and O–H groups in total. The van der Waals surface area contributed by atoms with E-state index in [2.05, 4.69) is 22.0 Å². The Labute approximate surface area is 97.6 Å². The number of nitro groups is 1. The Hall–Kier alpha value is -2.22. The number of nitrogens with one attached hydrogen (secondary N) is 1. The third kappa shape index (κ3) is 3.68. The van der Waals surface area contributed by atoms with Crippen molar-refractivity contribution in [2.45, 2.75) is 12.8 Å². The molecule has 0 bridgehead atoms. The monoisotopic (exact) mass is 239 g/mol. The van der Waals surface area contributed by atoms with E-state index in [0.29, 0.717) is 13.0 Å². The van der Waals surface area contributed by atoms with Gasteiger partial charge in [0.2, 0.25) is 5.95 Å². The number of nitrogens with two attached hydrogens (primary N) is 1. The zero-order chi connectivity index (χ0) is 12.7. The SMILES string of the molecule is C=CCCCOc1nc(NN)ncc1[N+](=O)[O-]. The largest absolute Gasteiger partial charge is 0.473 e. The Morgan fingerprint density at radius 3 is 3.06 bits per heavy atom. The average Bonchev–Trinajstić information content (AvgIpc) is 2.34. The second-order valence-electron chi connectivity index (χ2n) is 3.06. The molecule has 0 radical (unpaired) electrons. The molecule has 0 unspecified atom stereocenters. The van der Waals surface area contributed by atoms with Gasteiger partial charge in [-0.2, -0.15) is 4.98 Å². The van der Waals surface area contributed by atoms with Crippen molar-refractivity contribution in [1.82, 2.24) is 9.97 Å². The molecule has 0 aliphatic heterocycles.